The maximum atomic E-state index is 9.54. The average Bonchev–Trinajstić information content (AvgIpc) is 2.45. The number of benzene rings is 2. The summed E-state index contributed by atoms with van der Waals surface area (Å²) in [5.41, 5.74) is 1.82. The molecule has 19 heavy (non-hydrogen) atoms. The van der Waals surface area contributed by atoms with Crippen LogP contribution in [0.1, 0.15) is 11.1 Å². The van der Waals surface area contributed by atoms with Crippen LogP contribution in [0, 0.1) is 0 Å². The largest absolute Gasteiger partial charge is 0.507 e. The van der Waals surface area contributed by atoms with Crippen molar-refractivity contribution in [3.8, 4) is 5.75 Å². The van der Waals surface area contributed by atoms with Crippen LogP contribution in [-0.4, -0.2) is 30.6 Å². The van der Waals surface area contributed by atoms with Crippen LogP contribution in [0.2, 0.25) is 0 Å². The summed E-state index contributed by atoms with van der Waals surface area (Å²) < 4.78 is 0. The van der Waals surface area contributed by atoms with Gasteiger partial charge in [-0.2, -0.15) is 0 Å². The smallest absolute Gasteiger partial charge is 0.124 e. The molecule has 0 aliphatic carbocycles. The van der Waals surface area contributed by atoms with Gasteiger partial charge in [-0.05, 0) is 17.7 Å². The number of phenols is 1. The summed E-state index contributed by atoms with van der Waals surface area (Å²) in [6, 6.07) is 17.1. The Morgan fingerprint density at radius 2 is 1.42 bits per heavy atom. The van der Waals surface area contributed by atoms with Gasteiger partial charge in [-0.15, -0.1) is 0 Å². The second-order valence-corrected chi connectivity index (χ2v) is 4.04. The molecule has 2 rings (SSSR count). The maximum absolute atomic E-state index is 9.54. The van der Waals surface area contributed by atoms with Gasteiger partial charge >= 0.3 is 0 Å². The van der Waals surface area contributed by atoms with Crippen LogP contribution in [0.15, 0.2) is 64.6 Å². The number of phenolic OH excluding ortho intramolecular Hbond substituents is 1. The molecule has 2 aromatic carbocycles. The van der Waals surface area contributed by atoms with Crippen molar-refractivity contribution in [3.63, 3.8) is 0 Å². The topological polar surface area (TPSA) is 45.0 Å². The van der Waals surface area contributed by atoms with Gasteiger partial charge in [0.15, 0.2) is 0 Å². The van der Waals surface area contributed by atoms with E-state index in [9.17, 15) is 5.11 Å². The lowest BCUT2D eigenvalue weighted by atomic mass is 10.2. The van der Waals surface area contributed by atoms with Gasteiger partial charge in [0.05, 0.1) is 13.1 Å². The fraction of sp³-hybridized carbons (Fsp3) is 0.125. The molecule has 0 fully saturated rings. The fourth-order valence-electron chi connectivity index (χ4n) is 1.58. The van der Waals surface area contributed by atoms with Crippen LogP contribution < -0.4 is 0 Å². The lowest BCUT2D eigenvalue weighted by Crippen LogP contribution is -1.90. The molecule has 0 aromatic heterocycles. The van der Waals surface area contributed by atoms with Gasteiger partial charge in [-0.1, -0.05) is 42.5 Å². The molecule has 0 saturated heterocycles. The molecule has 3 heteroatoms. The molecule has 0 amide bonds. The number of hydrogen-bond acceptors (Lipinski definition) is 3. The van der Waals surface area contributed by atoms with E-state index in [4.69, 9.17) is 0 Å². The van der Waals surface area contributed by atoms with E-state index in [1.54, 1.807) is 18.3 Å². The Morgan fingerprint density at radius 3 is 2.16 bits per heavy atom. The summed E-state index contributed by atoms with van der Waals surface area (Å²) in [4.78, 5) is 8.53. The minimum atomic E-state index is 0.249. The molecule has 1 N–H and O–H groups in total. The van der Waals surface area contributed by atoms with E-state index < -0.39 is 0 Å². The van der Waals surface area contributed by atoms with Crippen LogP contribution in [0.25, 0.3) is 0 Å². The van der Waals surface area contributed by atoms with Crippen molar-refractivity contribution >= 4 is 12.4 Å². The van der Waals surface area contributed by atoms with Crippen molar-refractivity contribution in [2.45, 2.75) is 0 Å². The van der Waals surface area contributed by atoms with Gasteiger partial charge in [0.25, 0.3) is 0 Å². The van der Waals surface area contributed by atoms with Gasteiger partial charge < -0.3 is 5.11 Å². The van der Waals surface area contributed by atoms with Crippen LogP contribution in [-0.2, 0) is 0 Å². The van der Waals surface area contributed by atoms with Crippen molar-refractivity contribution in [1.29, 1.82) is 0 Å². The highest BCUT2D eigenvalue weighted by molar-refractivity contribution is 5.83. The molecule has 0 heterocycles. The highest BCUT2D eigenvalue weighted by Crippen LogP contribution is 2.12. The summed E-state index contributed by atoms with van der Waals surface area (Å²) in [5.74, 6) is 0.249. The summed E-state index contributed by atoms with van der Waals surface area (Å²) >= 11 is 0. The molecular formula is C16H16N2O. The molecule has 0 bridgehead atoms. The second-order valence-electron chi connectivity index (χ2n) is 4.04. The van der Waals surface area contributed by atoms with Crippen LogP contribution in [0.3, 0.4) is 0 Å². The van der Waals surface area contributed by atoms with Crippen molar-refractivity contribution in [3.05, 3.63) is 65.7 Å². The zero-order valence-electron chi connectivity index (χ0n) is 10.6. The number of aromatic hydroxyl groups is 1. The number of hydrogen-bond donors (Lipinski definition) is 1. The Bertz CT molecular complexity index is 562. The molecule has 0 aliphatic rings. The predicted octanol–water partition coefficient (Wildman–Crippen LogP) is 2.93. The van der Waals surface area contributed by atoms with E-state index in [0.717, 1.165) is 11.1 Å². The molecule has 0 atom stereocenters. The highest BCUT2D eigenvalue weighted by Gasteiger charge is 1.93. The van der Waals surface area contributed by atoms with Crippen LogP contribution >= 0.6 is 0 Å². The molecule has 0 saturated carbocycles. The quantitative estimate of drug-likeness (QED) is 0.645. The Hall–Kier alpha value is -2.42. The normalized spacial score (nSPS) is 11.4. The number of nitrogens with zero attached hydrogens (tertiary/aromatic N) is 2. The zero-order chi connectivity index (χ0) is 13.3. The van der Waals surface area contributed by atoms with E-state index in [2.05, 4.69) is 9.98 Å². The molecule has 0 aliphatic heterocycles. The first-order valence-corrected chi connectivity index (χ1v) is 6.19. The first-order valence-electron chi connectivity index (χ1n) is 6.19. The van der Waals surface area contributed by atoms with Crippen molar-refractivity contribution in [2.24, 2.45) is 9.98 Å². The van der Waals surface area contributed by atoms with Crippen molar-refractivity contribution < 1.29 is 5.11 Å². The highest BCUT2D eigenvalue weighted by atomic mass is 16.3. The summed E-state index contributed by atoms with van der Waals surface area (Å²) in [6.07, 6.45) is 3.52. The third-order valence-electron chi connectivity index (χ3n) is 2.57. The average molecular weight is 252 g/mol. The Labute approximate surface area is 113 Å². The lowest BCUT2D eigenvalue weighted by Gasteiger charge is -1.96. The zero-order valence-corrected chi connectivity index (χ0v) is 10.6. The van der Waals surface area contributed by atoms with E-state index in [0.29, 0.717) is 13.1 Å². The standard InChI is InChI=1S/C16H16N2O/c19-16-9-5-4-8-15(16)13-18-11-10-17-12-14-6-2-1-3-7-14/h1-9,12-13,19H,10-11H2. The molecule has 0 spiro atoms. The second kappa shape index (κ2) is 7.11. The first-order chi connectivity index (χ1) is 9.36. The Balaban J connectivity index is 1.78. The lowest BCUT2D eigenvalue weighted by molar-refractivity contribution is 0.474. The van der Waals surface area contributed by atoms with Crippen molar-refractivity contribution in [1.82, 2.24) is 0 Å². The third-order valence-corrected chi connectivity index (χ3v) is 2.57. The Morgan fingerprint density at radius 1 is 0.789 bits per heavy atom. The monoisotopic (exact) mass is 252 g/mol. The minimum absolute atomic E-state index is 0.249. The molecular weight excluding hydrogens is 236 g/mol. The molecule has 2 aromatic rings. The number of aliphatic imine (C=N–C) groups is 2. The minimum Gasteiger partial charge on any atom is -0.507 e. The van der Waals surface area contributed by atoms with Gasteiger partial charge in [0.1, 0.15) is 5.75 Å². The number of rotatable bonds is 5. The van der Waals surface area contributed by atoms with Gasteiger partial charge in [-0.3, -0.25) is 9.98 Å². The van der Waals surface area contributed by atoms with Gasteiger partial charge in [0.2, 0.25) is 0 Å². The summed E-state index contributed by atoms with van der Waals surface area (Å²) in [6.45, 7) is 1.25. The summed E-state index contributed by atoms with van der Waals surface area (Å²) in [7, 11) is 0. The molecule has 3 nitrogen and oxygen atoms in total. The molecule has 96 valence electrons. The summed E-state index contributed by atoms with van der Waals surface area (Å²) in [5, 5.41) is 9.54. The van der Waals surface area contributed by atoms with Crippen molar-refractivity contribution in [2.75, 3.05) is 13.1 Å². The number of para-hydroxylation sites is 1. The predicted molar refractivity (Wildman–Crippen MR) is 79.5 cm³/mol. The van der Waals surface area contributed by atoms with E-state index in [1.165, 1.54) is 0 Å². The van der Waals surface area contributed by atoms with E-state index in [-0.39, 0.29) is 5.75 Å². The fourth-order valence-corrected chi connectivity index (χ4v) is 1.58. The Kier molecular flexibility index (Phi) is 4.87. The first kappa shape index (κ1) is 13.0. The van der Waals surface area contributed by atoms with Gasteiger partial charge in [-0.25, -0.2) is 0 Å². The molecule has 0 unspecified atom stereocenters. The van der Waals surface area contributed by atoms with E-state index in [1.807, 2.05) is 48.7 Å². The molecule has 0 radical (unpaired) electrons. The van der Waals surface area contributed by atoms with Crippen LogP contribution in [0.4, 0.5) is 0 Å². The van der Waals surface area contributed by atoms with E-state index >= 15 is 0 Å². The van der Waals surface area contributed by atoms with Crippen LogP contribution in [0.5, 0.6) is 5.75 Å². The SMILES string of the molecule is Oc1ccccc1C=NCCN=Cc1ccccc1. The third kappa shape index (κ3) is 4.39. The maximum Gasteiger partial charge on any atom is 0.124 e. The van der Waals surface area contributed by atoms with Gasteiger partial charge in [0, 0.05) is 18.0 Å².